The number of halogens is 3. The van der Waals surface area contributed by atoms with Gasteiger partial charge in [-0.3, -0.25) is 0 Å². The summed E-state index contributed by atoms with van der Waals surface area (Å²) in [7, 11) is 0. The third kappa shape index (κ3) is 2.15. The van der Waals surface area contributed by atoms with Crippen molar-refractivity contribution >= 4 is 11.6 Å². The van der Waals surface area contributed by atoms with Gasteiger partial charge in [0.1, 0.15) is 11.6 Å². The fourth-order valence-corrected chi connectivity index (χ4v) is 1.07. The van der Waals surface area contributed by atoms with Gasteiger partial charge in [-0.25, -0.2) is 8.78 Å². The van der Waals surface area contributed by atoms with Crippen molar-refractivity contribution in [3.8, 4) is 0 Å². The molecule has 0 aromatic heterocycles. The number of hydrogen-bond donors (Lipinski definition) is 2. The van der Waals surface area contributed by atoms with Crippen LogP contribution in [0.4, 0.5) is 8.78 Å². The number of aliphatic hydroxyl groups is 1. The van der Waals surface area contributed by atoms with E-state index in [1.165, 1.54) is 0 Å². The zero-order chi connectivity index (χ0) is 10.0. The highest BCUT2D eigenvalue weighted by Crippen LogP contribution is 2.22. The lowest BCUT2D eigenvalue weighted by molar-refractivity contribution is 0.265. The number of nitrogens with two attached hydrogens (primary N) is 1. The molecule has 0 aliphatic rings. The Bertz CT molecular complexity index is 319. The van der Waals surface area contributed by atoms with Gasteiger partial charge in [0, 0.05) is 5.56 Å². The minimum atomic E-state index is -0.924. The van der Waals surface area contributed by atoms with Crippen LogP contribution in [0.5, 0.6) is 0 Å². The first-order chi connectivity index (χ1) is 6.06. The zero-order valence-electron chi connectivity index (χ0n) is 6.60. The summed E-state index contributed by atoms with van der Waals surface area (Å²) in [5.41, 5.74) is 5.24. The predicted octanol–water partition coefficient (Wildman–Crippen LogP) is 1.61. The molecular formula is C8H8ClF2NO. The number of rotatable bonds is 2. The third-order valence-corrected chi connectivity index (χ3v) is 1.93. The molecule has 1 rings (SSSR count). The fraction of sp³-hybridized carbons (Fsp3) is 0.250. The molecule has 1 aromatic rings. The largest absolute Gasteiger partial charge is 0.394 e. The molecule has 0 aliphatic heterocycles. The summed E-state index contributed by atoms with van der Waals surface area (Å²) >= 11 is 5.32. The fourth-order valence-electron chi connectivity index (χ4n) is 0.920. The van der Waals surface area contributed by atoms with Crippen LogP contribution in [0.3, 0.4) is 0 Å². The normalized spacial score (nSPS) is 13.0. The average Bonchev–Trinajstić information content (AvgIpc) is 2.10. The summed E-state index contributed by atoms with van der Waals surface area (Å²) in [5.74, 6) is -1.46. The molecule has 0 saturated carbocycles. The molecule has 0 amide bonds. The van der Waals surface area contributed by atoms with Crippen LogP contribution in [0.2, 0.25) is 5.02 Å². The first-order valence-corrected chi connectivity index (χ1v) is 3.95. The molecule has 3 N–H and O–H groups in total. The Morgan fingerprint density at radius 2 is 2.00 bits per heavy atom. The molecule has 72 valence electrons. The second-order valence-corrected chi connectivity index (χ2v) is 2.98. The maximum atomic E-state index is 13.0. The Kier molecular flexibility index (Phi) is 3.19. The van der Waals surface area contributed by atoms with E-state index in [1.807, 2.05) is 0 Å². The van der Waals surface area contributed by atoms with Gasteiger partial charge in [-0.15, -0.1) is 0 Å². The predicted molar refractivity (Wildman–Crippen MR) is 45.4 cm³/mol. The second kappa shape index (κ2) is 4.00. The summed E-state index contributed by atoms with van der Waals surface area (Å²) in [6.45, 7) is -0.446. The van der Waals surface area contributed by atoms with Crippen LogP contribution in [-0.4, -0.2) is 11.7 Å². The molecule has 0 bridgehead atoms. The van der Waals surface area contributed by atoms with E-state index in [1.54, 1.807) is 0 Å². The van der Waals surface area contributed by atoms with Crippen molar-refractivity contribution < 1.29 is 13.9 Å². The maximum absolute atomic E-state index is 13.0. The molecule has 13 heavy (non-hydrogen) atoms. The molecule has 1 atom stereocenters. The Morgan fingerprint density at radius 1 is 1.38 bits per heavy atom. The monoisotopic (exact) mass is 207 g/mol. The summed E-state index contributed by atoms with van der Waals surface area (Å²) in [6.07, 6.45) is 0. The lowest BCUT2D eigenvalue weighted by Crippen LogP contribution is -2.16. The Hall–Kier alpha value is -0.710. The molecule has 0 heterocycles. The van der Waals surface area contributed by atoms with E-state index in [2.05, 4.69) is 0 Å². The van der Waals surface area contributed by atoms with E-state index >= 15 is 0 Å². The SMILES string of the molecule is N[C@H](CO)c1cc(F)c(Cl)cc1F. The topological polar surface area (TPSA) is 46.2 Å². The van der Waals surface area contributed by atoms with Crippen molar-refractivity contribution in [3.63, 3.8) is 0 Å². The van der Waals surface area contributed by atoms with Gasteiger partial charge in [-0.05, 0) is 12.1 Å². The average molecular weight is 208 g/mol. The first-order valence-electron chi connectivity index (χ1n) is 3.57. The van der Waals surface area contributed by atoms with Gasteiger partial charge in [0.05, 0.1) is 17.7 Å². The quantitative estimate of drug-likeness (QED) is 0.724. The molecule has 1 aromatic carbocycles. The molecule has 2 nitrogen and oxygen atoms in total. The lowest BCUT2D eigenvalue weighted by atomic mass is 10.1. The van der Waals surface area contributed by atoms with Crippen LogP contribution < -0.4 is 5.73 Å². The highest BCUT2D eigenvalue weighted by Gasteiger charge is 2.13. The standard InChI is InChI=1S/C8H8ClF2NO/c9-5-2-6(10)4(1-7(5)11)8(12)3-13/h1-2,8,13H,3,12H2/t8-/m1/s1. The van der Waals surface area contributed by atoms with E-state index in [9.17, 15) is 8.78 Å². The summed E-state index contributed by atoms with van der Waals surface area (Å²) in [4.78, 5) is 0. The molecule has 0 spiro atoms. The Labute approximate surface area is 78.9 Å². The van der Waals surface area contributed by atoms with E-state index in [0.717, 1.165) is 12.1 Å². The minimum Gasteiger partial charge on any atom is -0.394 e. The third-order valence-electron chi connectivity index (χ3n) is 1.64. The molecule has 0 radical (unpaired) electrons. The molecular weight excluding hydrogens is 200 g/mol. The van der Waals surface area contributed by atoms with Crippen molar-refractivity contribution in [2.24, 2.45) is 5.73 Å². The van der Waals surface area contributed by atoms with E-state index in [0.29, 0.717) is 0 Å². The molecule has 0 aliphatic carbocycles. The maximum Gasteiger partial charge on any atom is 0.142 e. The summed E-state index contributed by atoms with van der Waals surface area (Å²) in [6, 6.07) is 0.798. The van der Waals surface area contributed by atoms with E-state index in [-0.39, 0.29) is 10.6 Å². The Balaban J connectivity index is 3.15. The number of benzene rings is 1. The molecule has 0 saturated heterocycles. The molecule has 0 unspecified atom stereocenters. The van der Waals surface area contributed by atoms with E-state index < -0.39 is 24.3 Å². The van der Waals surface area contributed by atoms with Crippen molar-refractivity contribution in [2.75, 3.05) is 6.61 Å². The van der Waals surface area contributed by atoms with Crippen molar-refractivity contribution in [2.45, 2.75) is 6.04 Å². The van der Waals surface area contributed by atoms with Crippen LogP contribution in [0.15, 0.2) is 12.1 Å². The lowest BCUT2D eigenvalue weighted by Gasteiger charge is -2.09. The van der Waals surface area contributed by atoms with Crippen molar-refractivity contribution in [3.05, 3.63) is 34.4 Å². The van der Waals surface area contributed by atoms with Gasteiger partial charge >= 0.3 is 0 Å². The zero-order valence-corrected chi connectivity index (χ0v) is 7.35. The smallest absolute Gasteiger partial charge is 0.142 e. The van der Waals surface area contributed by atoms with Crippen molar-refractivity contribution in [1.82, 2.24) is 0 Å². The van der Waals surface area contributed by atoms with Crippen molar-refractivity contribution in [1.29, 1.82) is 0 Å². The van der Waals surface area contributed by atoms with Crippen LogP contribution in [0.1, 0.15) is 11.6 Å². The summed E-state index contributed by atoms with van der Waals surface area (Å²) < 4.78 is 25.8. The summed E-state index contributed by atoms with van der Waals surface area (Å²) in [5, 5.41) is 8.33. The Morgan fingerprint density at radius 3 is 2.54 bits per heavy atom. The number of hydrogen-bond acceptors (Lipinski definition) is 2. The van der Waals surface area contributed by atoms with Gasteiger partial charge in [0.2, 0.25) is 0 Å². The van der Waals surface area contributed by atoms with E-state index in [4.69, 9.17) is 22.4 Å². The second-order valence-electron chi connectivity index (χ2n) is 2.58. The van der Waals surface area contributed by atoms with Crippen LogP contribution in [0.25, 0.3) is 0 Å². The number of aliphatic hydroxyl groups excluding tert-OH is 1. The van der Waals surface area contributed by atoms with Crippen LogP contribution in [0, 0.1) is 11.6 Å². The van der Waals surface area contributed by atoms with Gasteiger partial charge in [-0.2, -0.15) is 0 Å². The van der Waals surface area contributed by atoms with Gasteiger partial charge in [0.25, 0.3) is 0 Å². The van der Waals surface area contributed by atoms with Crippen LogP contribution in [-0.2, 0) is 0 Å². The van der Waals surface area contributed by atoms with Gasteiger partial charge in [0.15, 0.2) is 0 Å². The van der Waals surface area contributed by atoms with Crippen LogP contribution >= 0.6 is 11.6 Å². The minimum absolute atomic E-state index is 0.0793. The highest BCUT2D eigenvalue weighted by atomic mass is 35.5. The molecule has 5 heteroatoms. The highest BCUT2D eigenvalue weighted by molar-refractivity contribution is 6.30. The molecule has 0 fully saturated rings. The first kappa shape index (κ1) is 10.4. The van der Waals surface area contributed by atoms with Gasteiger partial charge in [-0.1, -0.05) is 11.6 Å². The van der Waals surface area contributed by atoms with Gasteiger partial charge < -0.3 is 10.8 Å².